The van der Waals surface area contributed by atoms with Gasteiger partial charge in [0.1, 0.15) is 5.60 Å². The lowest BCUT2D eigenvalue weighted by molar-refractivity contribution is -0.384. The molecule has 39 heavy (non-hydrogen) atoms. The van der Waals surface area contributed by atoms with Crippen molar-refractivity contribution in [1.82, 2.24) is 10.2 Å². The molecule has 0 spiro atoms. The lowest BCUT2D eigenvalue weighted by Crippen LogP contribution is -2.34. The number of rotatable bonds is 10. The maximum absolute atomic E-state index is 12.5. The van der Waals surface area contributed by atoms with E-state index < -0.39 is 28.4 Å². The van der Waals surface area contributed by atoms with E-state index in [1.165, 1.54) is 12.1 Å². The van der Waals surface area contributed by atoms with Crippen LogP contribution in [-0.4, -0.2) is 58.2 Å². The van der Waals surface area contributed by atoms with Gasteiger partial charge in [-0.15, -0.1) is 0 Å². The molecule has 1 aliphatic rings. The summed E-state index contributed by atoms with van der Waals surface area (Å²) in [7, 11) is 0. The van der Waals surface area contributed by atoms with Crippen molar-refractivity contribution in [2.45, 2.75) is 45.6 Å². The van der Waals surface area contributed by atoms with Crippen LogP contribution < -0.4 is 16.0 Å². The number of hydrogen-bond donors (Lipinski definition) is 3. The fraction of sp³-hybridized carbons (Fsp3) is 0.346. The van der Waals surface area contributed by atoms with Gasteiger partial charge in [0.15, 0.2) is 0 Å². The first kappa shape index (κ1) is 28.8. The molecule has 2 aromatic rings. The van der Waals surface area contributed by atoms with Crippen molar-refractivity contribution in [3.63, 3.8) is 0 Å². The lowest BCUT2D eigenvalue weighted by Gasteiger charge is -2.19. The van der Waals surface area contributed by atoms with Gasteiger partial charge in [0.2, 0.25) is 11.8 Å². The van der Waals surface area contributed by atoms with E-state index in [4.69, 9.17) is 4.74 Å². The molecule has 5 amide bonds. The smallest absolute Gasteiger partial charge is 0.407 e. The van der Waals surface area contributed by atoms with Crippen LogP contribution in [0.15, 0.2) is 42.5 Å². The molecule has 2 aromatic carbocycles. The standard InChI is InChI=1S/C26H29N5O8/c1-26(2,3)39-25(36)27-13-12-22(33)29-17-8-6-16(7-9-17)28-21(32)5-4-14-30-23(34)19-11-10-18(31(37)38)15-20(19)24(30)35/h6-11,15H,4-5,12-14H2,1-3H3,(H,27,36)(H,28,32)(H,29,33). The number of ether oxygens (including phenoxy) is 1. The molecule has 13 nitrogen and oxygen atoms in total. The van der Waals surface area contributed by atoms with E-state index >= 15 is 0 Å². The largest absolute Gasteiger partial charge is 0.444 e. The molecule has 1 aliphatic heterocycles. The summed E-state index contributed by atoms with van der Waals surface area (Å²) in [5.41, 5.74) is 0.150. The first-order chi connectivity index (χ1) is 18.3. The van der Waals surface area contributed by atoms with Gasteiger partial charge in [0, 0.05) is 49.4 Å². The van der Waals surface area contributed by atoms with Crippen molar-refractivity contribution in [3.8, 4) is 0 Å². The Morgan fingerprint density at radius 2 is 1.46 bits per heavy atom. The minimum atomic E-state index is -0.641. The Morgan fingerprint density at radius 3 is 2.03 bits per heavy atom. The fourth-order valence-electron chi connectivity index (χ4n) is 3.67. The van der Waals surface area contributed by atoms with Crippen molar-refractivity contribution in [1.29, 1.82) is 0 Å². The van der Waals surface area contributed by atoms with Crippen LogP contribution in [-0.2, 0) is 14.3 Å². The number of amides is 5. The van der Waals surface area contributed by atoms with Crippen LogP contribution >= 0.6 is 0 Å². The van der Waals surface area contributed by atoms with Crippen LogP contribution in [0, 0.1) is 10.1 Å². The molecule has 0 aromatic heterocycles. The predicted octanol–water partition coefficient (Wildman–Crippen LogP) is 3.46. The summed E-state index contributed by atoms with van der Waals surface area (Å²) in [6, 6.07) is 9.91. The molecule has 1 heterocycles. The highest BCUT2D eigenvalue weighted by Crippen LogP contribution is 2.27. The highest BCUT2D eigenvalue weighted by molar-refractivity contribution is 6.21. The monoisotopic (exact) mass is 539 g/mol. The fourth-order valence-corrected chi connectivity index (χ4v) is 3.67. The van der Waals surface area contributed by atoms with Gasteiger partial charge in [-0.1, -0.05) is 0 Å². The molecule has 0 aliphatic carbocycles. The molecule has 0 saturated heterocycles. The average molecular weight is 540 g/mol. The van der Waals surface area contributed by atoms with Crippen molar-refractivity contribution >= 4 is 46.8 Å². The third-order valence-corrected chi connectivity index (χ3v) is 5.42. The Hall–Kier alpha value is -4.81. The number of anilines is 2. The second-order valence-corrected chi connectivity index (χ2v) is 9.70. The predicted molar refractivity (Wildman–Crippen MR) is 140 cm³/mol. The number of non-ortho nitro benzene ring substituents is 1. The Morgan fingerprint density at radius 1 is 0.897 bits per heavy atom. The molecule has 3 rings (SSSR count). The summed E-state index contributed by atoms with van der Waals surface area (Å²) < 4.78 is 5.10. The van der Waals surface area contributed by atoms with E-state index in [1.807, 2.05) is 0 Å². The van der Waals surface area contributed by atoms with Gasteiger partial charge >= 0.3 is 6.09 Å². The van der Waals surface area contributed by atoms with E-state index in [0.29, 0.717) is 11.4 Å². The molecule has 13 heteroatoms. The van der Waals surface area contributed by atoms with Crippen LogP contribution in [0.5, 0.6) is 0 Å². The van der Waals surface area contributed by atoms with E-state index in [2.05, 4.69) is 16.0 Å². The van der Waals surface area contributed by atoms with Gasteiger partial charge in [-0.05, 0) is 57.5 Å². The van der Waals surface area contributed by atoms with Gasteiger partial charge in [-0.3, -0.25) is 34.2 Å². The number of carbonyl (C=O) groups is 5. The number of nitro groups is 1. The number of nitrogens with one attached hydrogen (secondary N) is 3. The normalized spacial score (nSPS) is 12.5. The molecule has 0 atom stereocenters. The maximum atomic E-state index is 12.5. The van der Waals surface area contributed by atoms with E-state index in [0.717, 1.165) is 11.0 Å². The summed E-state index contributed by atoms with van der Waals surface area (Å²) in [6.07, 6.45) is -0.339. The molecule has 0 fully saturated rings. The number of nitrogens with zero attached hydrogens (tertiary/aromatic N) is 2. The van der Waals surface area contributed by atoms with E-state index in [-0.39, 0.29) is 61.0 Å². The first-order valence-corrected chi connectivity index (χ1v) is 12.2. The molecule has 0 unspecified atom stereocenters. The number of imide groups is 1. The van der Waals surface area contributed by atoms with Gasteiger partial charge in [-0.25, -0.2) is 4.79 Å². The number of fused-ring (bicyclic) bond motifs is 1. The summed E-state index contributed by atoms with van der Waals surface area (Å²) in [6.45, 7) is 5.31. The molecular weight excluding hydrogens is 510 g/mol. The van der Waals surface area contributed by atoms with Gasteiger partial charge < -0.3 is 20.7 Å². The molecule has 0 bridgehead atoms. The first-order valence-electron chi connectivity index (χ1n) is 12.2. The zero-order valence-corrected chi connectivity index (χ0v) is 21.7. The summed E-state index contributed by atoms with van der Waals surface area (Å²) in [5.74, 6) is -1.83. The highest BCUT2D eigenvalue weighted by Gasteiger charge is 2.36. The number of hydrogen-bond acceptors (Lipinski definition) is 8. The highest BCUT2D eigenvalue weighted by atomic mass is 16.6. The number of benzene rings is 2. The number of alkyl carbamates (subject to hydrolysis) is 1. The molecule has 0 radical (unpaired) electrons. The van der Waals surface area contributed by atoms with Crippen LogP contribution in [0.3, 0.4) is 0 Å². The van der Waals surface area contributed by atoms with Crippen LogP contribution in [0.4, 0.5) is 21.9 Å². The zero-order chi connectivity index (χ0) is 28.7. The van der Waals surface area contributed by atoms with E-state index in [9.17, 15) is 34.1 Å². The van der Waals surface area contributed by atoms with Crippen LogP contribution in [0.25, 0.3) is 0 Å². The van der Waals surface area contributed by atoms with Gasteiger partial charge in [-0.2, -0.15) is 0 Å². The number of carbonyl (C=O) groups excluding carboxylic acids is 5. The summed E-state index contributed by atoms with van der Waals surface area (Å²) in [4.78, 5) is 72.3. The zero-order valence-electron chi connectivity index (χ0n) is 21.7. The van der Waals surface area contributed by atoms with Crippen LogP contribution in [0.2, 0.25) is 0 Å². The Balaban J connectivity index is 1.40. The SMILES string of the molecule is CC(C)(C)OC(=O)NCCC(=O)Nc1ccc(NC(=O)CCCN2C(=O)c3ccc([N+](=O)[O-])cc3C2=O)cc1. The molecule has 0 saturated carbocycles. The summed E-state index contributed by atoms with van der Waals surface area (Å²) >= 11 is 0. The molecule has 206 valence electrons. The van der Waals surface area contributed by atoms with Crippen molar-refractivity contribution < 1.29 is 33.6 Å². The third kappa shape index (κ3) is 8.09. The minimum absolute atomic E-state index is 0.0126. The van der Waals surface area contributed by atoms with Crippen molar-refractivity contribution in [2.24, 2.45) is 0 Å². The quantitative estimate of drug-likeness (QED) is 0.233. The van der Waals surface area contributed by atoms with Crippen LogP contribution in [0.1, 0.15) is 60.7 Å². The maximum Gasteiger partial charge on any atom is 0.407 e. The Kier molecular flexibility index (Phi) is 8.96. The summed E-state index contributed by atoms with van der Waals surface area (Å²) in [5, 5.41) is 18.8. The van der Waals surface area contributed by atoms with Gasteiger partial charge in [0.05, 0.1) is 16.1 Å². The van der Waals surface area contributed by atoms with Gasteiger partial charge in [0.25, 0.3) is 17.5 Å². The number of nitro benzene ring substituents is 1. The lowest BCUT2D eigenvalue weighted by atomic mass is 10.1. The van der Waals surface area contributed by atoms with E-state index in [1.54, 1.807) is 45.0 Å². The molecular formula is C26H29N5O8. The third-order valence-electron chi connectivity index (χ3n) is 5.42. The topological polar surface area (TPSA) is 177 Å². The molecule has 3 N–H and O–H groups in total. The Bertz CT molecular complexity index is 1300. The minimum Gasteiger partial charge on any atom is -0.444 e. The van der Waals surface area contributed by atoms with Crippen molar-refractivity contribution in [2.75, 3.05) is 23.7 Å². The second kappa shape index (κ2) is 12.2. The van der Waals surface area contributed by atoms with Crippen molar-refractivity contribution in [3.05, 3.63) is 63.7 Å². The Labute approximate surface area is 224 Å². The average Bonchev–Trinajstić information content (AvgIpc) is 3.08. The second-order valence-electron chi connectivity index (χ2n) is 9.70.